The highest BCUT2D eigenvalue weighted by Gasteiger charge is 2.36. The van der Waals surface area contributed by atoms with Crippen LogP contribution in [-0.4, -0.2) is 20.8 Å². The van der Waals surface area contributed by atoms with Gasteiger partial charge < -0.3 is 14.8 Å². The monoisotopic (exact) mass is 235 g/mol. The first-order chi connectivity index (χ1) is 8.15. The van der Waals surface area contributed by atoms with Crippen molar-refractivity contribution in [3.8, 4) is 11.5 Å². The van der Waals surface area contributed by atoms with Crippen molar-refractivity contribution in [3.05, 3.63) is 23.8 Å². The topological polar surface area (TPSA) is 30.5 Å². The Balaban J connectivity index is 1.94. The zero-order chi connectivity index (χ0) is 12.3. The normalized spacial score (nSPS) is 16.6. The van der Waals surface area contributed by atoms with E-state index in [9.17, 15) is 0 Å². The minimum Gasteiger partial charge on any atom is -0.497 e. The number of nitrogens with one attached hydrogen (secondary N) is 1. The number of methoxy groups -OCH3 is 2. The number of rotatable bonds is 6. The number of ether oxygens (including phenoxy) is 2. The third-order valence-electron chi connectivity index (χ3n) is 3.40. The molecule has 94 valence electrons. The van der Waals surface area contributed by atoms with Crippen molar-refractivity contribution in [2.24, 2.45) is 5.41 Å². The van der Waals surface area contributed by atoms with Crippen molar-refractivity contribution >= 4 is 0 Å². The molecule has 1 N–H and O–H groups in total. The molecule has 17 heavy (non-hydrogen) atoms. The van der Waals surface area contributed by atoms with Gasteiger partial charge in [-0.1, -0.05) is 6.92 Å². The van der Waals surface area contributed by atoms with Crippen LogP contribution in [0.15, 0.2) is 18.2 Å². The minimum absolute atomic E-state index is 0.545. The molecule has 1 aliphatic rings. The Kier molecular flexibility index (Phi) is 3.57. The van der Waals surface area contributed by atoms with Crippen LogP contribution in [-0.2, 0) is 6.54 Å². The molecule has 0 bridgehead atoms. The summed E-state index contributed by atoms with van der Waals surface area (Å²) in [5.41, 5.74) is 1.74. The van der Waals surface area contributed by atoms with E-state index in [2.05, 4.69) is 12.2 Å². The summed E-state index contributed by atoms with van der Waals surface area (Å²) >= 11 is 0. The van der Waals surface area contributed by atoms with Gasteiger partial charge in [-0.3, -0.25) is 0 Å². The second-order valence-corrected chi connectivity index (χ2v) is 5.14. The summed E-state index contributed by atoms with van der Waals surface area (Å²) < 4.78 is 10.5. The molecule has 1 saturated carbocycles. The average molecular weight is 235 g/mol. The van der Waals surface area contributed by atoms with Gasteiger partial charge >= 0.3 is 0 Å². The molecule has 0 atom stereocenters. The molecule has 0 amide bonds. The van der Waals surface area contributed by atoms with Crippen LogP contribution in [0.25, 0.3) is 0 Å². The molecule has 0 radical (unpaired) electrons. The van der Waals surface area contributed by atoms with Crippen molar-refractivity contribution in [3.63, 3.8) is 0 Å². The van der Waals surface area contributed by atoms with Crippen molar-refractivity contribution in [2.75, 3.05) is 20.8 Å². The van der Waals surface area contributed by atoms with Crippen molar-refractivity contribution in [2.45, 2.75) is 26.3 Å². The Morgan fingerprint density at radius 1 is 1.12 bits per heavy atom. The van der Waals surface area contributed by atoms with Gasteiger partial charge in [0, 0.05) is 19.2 Å². The lowest BCUT2D eigenvalue weighted by atomic mass is 10.1. The van der Waals surface area contributed by atoms with Crippen LogP contribution in [0.3, 0.4) is 0 Å². The Bertz CT molecular complexity index is 364. The Morgan fingerprint density at radius 3 is 2.18 bits per heavy atom. The van der Waals surface area contributed by atoms with Gasteiger partial charge in [-0.2, -0.15) is 0 Å². The van der Waals surface area contributed by atoms with Crippen LogP contribution in [0.5, 0.6) is 11.5 Å². The summed E-state index contributed by atoms with van der Waals surface area (Å²) in [4.78, 5) is 0. The van der Waals surface area contributed by atoms with Crippen LogP contribution < -0.4 is 14.8 Å². The van der Waals surface area contributed by atoms with E-state index in [4.69, 9.17) is 9.47 Å². The maximum atomic E-state index is 5.25. The van der Waals surface area contributed by atoms with Gasteiger partial charge in [-0.15, -0.1) is 0 Å². The quantitative estimate of drug-likeness (QED) is 0.822. The van der Waals surface area contributed by atoms with E-state index in [1.807, 2.05) is 18.2 Å². The molecule has 3 nitrogen and oxygen atoms in total. The van der Waals surface area contributed by atoms with Gasteiger partial charge in [0.05, 0.1) is 14.2 Å². The molecule has 1 aliphatic carbocycles. The van der Waals surface area contributed by atoms with E-state index in [1.54, 1.807) is 14.2 Å². The van der Waals surface area contributed by atoms with E-state index in [0.29, 0.717) is 5.41 Å². The summed E-state index contributed by atoms with van der Waals surface area (Å²) in [6.07, 6.45) is 2.70. The minimum atomic E-state index is 0.545. The molecule has 1 fully saturated rings. The smallest absolute Gasteiger partial charge is 0.122 e. The van der Waals surface area contributed by atoms with Crippen LogP contribution in [0, 0.1) is 5.41 Å². The summed E-state index contributed by atoms with van der Waals surface area (Å²) in [5, 5.41) is 3.50. The highest BCUT2D eigenvalue weighted by atomic mass is 16.5. The highest BCUT2D eigenvalue weighted by molar-refractivity contribution is 5.38. The van der Waals surface area contributed by atoms with Crippen molar-refractivity contribution < 1.29 is 9.47 Å². The van der Waals surface area contributed by atoms with E-state index in [0.717, 1.165) is 24.6 Å². The first kappa shape index (κ1) is 12.2. The molecule has 0 unspecified atom stereocenters. The van der Waals surface area contributed by atoms with Gasteiger partial charge in [0.2, 0.25) is 0 Å². The Morgan fingerprint density at radius 2 is 1.71 bits per heavy atom. The molecule has 0 aliphatic heterocycles. The molecule has 3 heteroatoms. The molecule has 1 aromatic rings. The largest absolute Gasteiger partial charge is 0.497 e. The molecule has 0 saturated heterocycles. The molecule has 1 aromatic carbocycles. The third kappa shape index (κ3) is 3.37. The van der Waals surface area contributed by atoms with Crippen LogP contribution in [0.2, 0.25) is 0 Å². The second-order valence-electron chi connectivity index (χ2n) is 5.14. The summed E-state index contributed by atoms with van der Waals surface area (Å²) in [5.74, 6) is 1.69. The first-order valence-corrected chi connectivity index (χ1v) is 6.08. The molecule has 2 rings (SSSR count). The van der Waals surface area contributed by atoms with Gasteiger partial charge in [0.15, 0.2) is 0 Å². The lowest BCUT2D eigenvalue weighted by Gasteiger charge is -2.12. The lowest BCUT2D eigenvalue weighted by molar-refractivity contribution is 0.392. The fourth-order valence-electron chi connectivity index (χ4n) is 1.87. The Hall–Kier alpha value is -1.22. The fraction of sp³-hybridized carbons (Fsp3) is 0.571. The first-order valence-electron chi connectivity index (χ1n) is 6.08. The lowest BCUT2D eigenvalue weighted by Crippen LogP contribution is -2.21. The maximum absolute atomic E-state index is 5.25. The van der Waals surface area contributed by atoms with Crippen LogP contribution in [0.1, 0.15) is 25.3 Å². The van der Waals surface area contributed by atoms with Gasteiger partial charge in [0.25, 0.3) is 0 Å². The van der Waals surface area contributed by atoms with Gasteiger partial charge in [-0.05, 0) is 36.0 Å². The number of benzene rings is 1. The van der Waals surface area contributed by atoms with E-state index in [1.165, 1.54) is 18.4 Å². The predicted octanol–water partition coefficient (Wildman–Crippen LogP) is 2.59. The number of hydrogen-bond acceptors (Lipinski definition) is 3. The zero-order valence-corrected chi connectivity index (χ0v) is 10.9. The second kappa shape index (κ2) is 4.96. The summed E-state index contributed by atoms with van der Waals surface area (Å²) in [6.45, 7) is 4.28. The van der Waals surface area contributed by atoms with E-state index in [-0.39, 0.29) is 0 Å². The van der Waals surface area contributed by atoms with Crippen molar-refractivity contribution in [1.29, 1.82) is 0 Å². The molecule has 0 spiro atoms. The maximum Gasteiger partial charge on any atom is 0.122 e. The SMILES string of the molecule is COc1cc(CNCC2(C)CC2)cc(OC)c1. The standard InChI is InChI=1S/C14H21NO2/c1-14(4-5-14)10-15-9-11-6-12(16-2)8-13(7-11)17-3/h6-8,15H,4-5,9-10H2,1-3H3. The van der Waals surface area contributed by atoms with Gasteiger partial charge in [-0.25, -0.2) is 0 Å². The molecular formula is C14H21NO2. The predicted molar refractivity (Wildman–Crippen MR) is 68.6 cm³/mol. The highest BCUT2D eigenvalue weighted by Crippen LogP contribution is 2.44. The fourth-order valence-corrected chi connectivity index (χ4v) is 1.87. The number of hydrogen-bond donors (Lipinski definition) is 1. The molecule has 0 aromatic heterocycles. The van der Waals surface area contributed by atoms with E-state index >= 15 is 0 Å². The van der Waals surface area contributed by atoms with Gasteiger partial charge in [0.1, 0.15) is 11.5 Å². The Labute approximate surface area is 103 Å². The zero-order valence-electron chi connectivity index (χ0n) is 10.9. The van der Waals surface area contributed by atoms with Crippen LogP contribution in [0.4, 0.5) is 0 Å². The van der Waals surface area contributed by atoms with Crippen molar-refractivity contribution in [1.82, 2.24) is 5.32 Å². The summed E-state index contributed by atoms with van der Waals surface area (Å²) in [7, 11) is 3.36. The molecular weight excluding hydrogens is 214 g/mol. The molecule has 0 heterocycles. The third-order valence-corrected chi connectivity index (χ3v) is 3.40. The van der Waals surface area contributed by atoms with Crippen LogP contribution >= 0.6 is 0 Å². The average Bonchev–Trinajstić information content (AvgIpc) is 3.07. The van der Waals surface area contributed by atoms with E-state index < -0.39 is 0 Å². The summed E-state index contributed by atoms with van der Waals surface area (Å²) in [6, 6.07) is 5.99.